The number of aromatic nitrogens is 1. The molecule has 6 heteroatoms. The number of hydrogen-bond donors (Lipinski definition) is 0. The molecule has 0 spiro atoms. The van der Waals surface area contributed by atoms with Gasteiger partial charge >= 0.3 is 0 Å². The van der Waals surface area contributed by atoms with E-state index in [0.717, 1.165) is 46.9 Å². The van der Waals surface area contributed by atoms with Crippen LogP contribution in [0, 0.1) is 5.92 Å². The number of piperazine rings is 1. The van der Waals surface area contributed by atoms with Crippen molar-refractivity contribution in [2.75, 3.05) is 32.7 Å². The van der Waals surface area contributed by atoms with E-state index in [1.165, 1.54) is 50.0 Å². The second-order valence-corrected chi connectivity index (χ2v) is 9.08. The van der Waals surface area contributed by atoms with Crippen LogP contribution in [0.5, 0.6) is 0 Å². The maximum Gasteiger partial charge on any atom is 0.265 e. The summed E-state index contributed by atoms with van der Waals surface area (Å²) in [7, 11) is 0. The molecule has 4 rings (SSSR count). The molecular formula is C19H25N3OS2. The maximum atomic E-state index is 12.8. The largest absolute Gasteiger partial charge is 0.335 e. The molecule has 0 unspecified atom stereocenters. The van der Waals surface area contributed by atoms with Gasteiger partial charge < -0.3 is 4.90 Å². The summed E-state index contributed by atoms with van der Waals surface area (Å²) in [5, 5.41) is 3.00. The number of carbonyl (C=O) groups is 1. The lowest BCUT2D eigenvalue weighted by molar-refractivity contribution is 0.0610. The molecule has 2 aliphatic rings. The number of thiophene rings is 1. The van der Waals surface area contributed by atoms with Crippen molar-refractivity contribution in [1.29, 1.82) is 0 Å². The first-order chi connectivity index (χ1) is 12.3. The predicted molar refractivity (Wildman–Crippen MR) is 104 cm³/mol. The molecule has 4 nitrogen and oxygen atoms in total. The van der Waals surface area contributed by atoms with Crippen molar-refractivity contribution in [3.63, 3.8) is 0 Å². The molecule has 0 radical (unpaired) electrons. The SMILES string of the molecule is O=C(c1cnc(-c2cccs2)s1)N1CCN(CC2CCCCC2)CC1. The van der Waals surface area contributed by atoms with Gasteiger partial charge in [0.15, 0.2) is 0 Å². The van der Waals surface area contributed by atoms with Crippen molar-refractivity contribution in [2.24, 2.45) is 5.92 Å². The molecule has 2 aromatic heterocycles. The Morgan fingerprint density at radius 2 is 1.96 bits per heavy atom. The van der Waals surface area contributed by atoms with Crippen LogP contribution in [-0.2, 0) is 0 Å². The smallest absolute Gasteiger partial charge is 0.265 e. The van der Waals surface area contributed by atoms with Crippen LogP contribution in [0.2, 0.25) is 0 Å². The summed E-state index contributed by atoms with van der Waals surface area (Å²) < 4.78 is 0. The summed E-state index contributed by atoms with van der Waals surface area (Å²) >= 11 is 3.19. The van der Waals surface area contributed by atoms with Gasteiger partial charge in [-0.15, -0.1) is 22.7 Å². The lowest BCUT2D eigenvalue weighted by atomic mass is 9.89. The first-order valence-corrected chi connectivity index (χ1v) is 11.0. The molecule has 25 heavy (non-hydrogen) atoms. The Morgan fingerprint density at radius 3 is 2.68 bits per heavy atom. The molecule has 0 N–H and O–H groups in total. The lowest BCUT2D eigenvalue weighted by Gasteiger charge is -2.37. The fourth-order valence-electron chi connectivity index (χ4n) is 3.91. The molecular weight excluding hydrogens is 350 g/mol. The van der Waals surface area contributed by atoms with E-state index in [-0.39, 0.29) is 5.91 Å². The minimum absolute atomic E-state index is 0.151. The third-order valence-corrected chi connectivity index (χ3v) is 7.37. The molecule has 1 saturated heterocycles. The van der Waals surface area contributed by atoms with Gasteiger partial charge in [0.2, 0.25) is 0 Å². The van der Waals surface area contributed by atoms with Crippen molar-refractivity contribution in [3.8, 4) is 9.88 Å². The van der Waals surface area contributed by atoms with E-state index < -0.39 is 0 Å². The molecule has 0 atom stereocenters. The molecule has 2 aromatic rings. The molecule has 0 aromatic carbocycles. The van der Waals surface area contributed by atoms with Gasteiger partial charge in [-0.05, 0) is 30.2 Å². The molecule has 1 aliphatic heterocycles. The highest BCUT2D eigenvalue weighted by molar-refractivity contribution is 7.21. The number of amides is 1. The van der Waals surface area contributed by atoms with Crippen LogP contribution >= 0.6 is 22.7 Å². The van der Waals surface area contributed by atoms with Gasteiger partial charge in [-0.2, -0.15) is 0 Å². The maximum absolute atomic E-state index is 12.8. The number of carbonyl (C=O) groups excluding carboxylic acids is 1. The molecule has 1 aliphatic carbocycles. The Morgan fingerprint density at radius 1 is 1.16 bits per heavy atom. The highest BCUT2D eigenvalue weighted by atomic mass is 32.1. The Labute approximate surface area is 157 Å². The summed E-state index contributed by atoms with van der Waals surface area (Å²) in [5.74, 6) is 1.03. The quantitative estimate of drug-likeness (QED) is 0.803. The minimum atomic E-state index is 0.151. The van der Waals surface area contributed by atoms with Gasteiger partial charge in [-0.3, -0.25) is 9.69 Å². The zero-order valence-electron chi connectivity index (χ0n) is 14.5. The lowest BCUT2D eigenvalue weighted by Crippen LogP contribution is -2.49. The van der Waals surface area contributed by atoms with E-state index in [0.29, 0.717) is 0 Å². The minimum Gasteiger partial charge on any atom is -0.335 e. The van der Waals surface area contributed by atoms with Crippen molar-refractivity contribution >= 4 is 28.6 Å². The van der Waals surface area contributed by atoms with E-state index in [4.69, 9.17) is 0 Å². The standard InChI is InChI=1S/C19H25N3OS2/c23-19(17-13-20-18(25-17)16-7-4-12-24-16)22-10-8-21(9-11-22)14-15-5-2-1-3-6-15/h4,7,12-13,15H,1-3,5-6,8-11,14H2. The Balaban J connectivity index is 1.30. The van der Waals surface area contributed by atoms with Crippen LogP contribution in [-0.4, -0.2) is 53.4 Å². The normalized spacial score (nSPS) is 20.1. The van der Waals surface area contributed by atoms with E-state index in [2.05, 4.69) is 16.0 Å². The van der Waals surface area contributed by atoms with Crippen molar-refractivity contribution in [3.05, 3.63) is 28.6 Å². The van der Waals surface area contributed by atoms with E-state index in [1.54, 1.807) is 17.5 Å². The Hall–Kier alpha value is -1.24. The van der Waals surface area contributed by atoms with Crippen molar-refractivity contribution in [1.82, 2.24) is 14.8 Å². The first-order valence-electron chi connectivity index (χ1n) is 9.31. The van der Waals surface area contributed by atoms with Gasteiger partial charge in [-0.1, -0.05) is 25.3 Å². The van der Waals surface area contributed by atoms with Gasteiger partial charge in [0.05, 0.1) is 11.1 Å². The van der Waals surface area contributed by atoms with Crippen molar-refractivity contribution < 1.29 is 4.79 Å². The third-order valence-electron chi connectivity index (χ3n) is 5.35. The van der Waals surface area contributed by atoms with E-state index in [9.17, 15) is 4.79 Å². The summed E-state index contributed by atoms with van der Waals surface area (Å²) in [4.78, 5) is 23.7. The van der Waals surface area contributed by atoms with Crippen LogP contribution in [0.15, 0.2) is 23.7 Å². The third kappa shape index (κ3) is 4.13. The topological polar surface area (TPSA) is 36.4 Å². The average molecular weight is 376 g/mol. The fraction of sp³-hybridized carbons (Fsp3) is 0.579. The predicted octanol–water partition coefficient (Wildman–Crippen LogP) is 4.21. The molecule has 1 saturated carbocycles. The molecule has 1 amide bonds. The summed E-state index contributed by atoms with van der Waals surface area (Å²) in [6.45, 7) is 4.94. The van der Waals surface area contributed by atoms with Crippen LogP contribution in [0.3, 0.4) is 0 Å². The monoisotopic (exact) mass is 375 g/mol. The number of rotatable bonds is 4. The van der Waals surface area contributed by atoms with Gasteiger partial charge in [0, 0.05) is 32.7 Å². The van der Waals surface area contributed by atoms with Crippen LogP contribution in [0.25, 0.3) is 9.88 Å². The number of thiazole rings is 1. The first kappa shape index (κ1) is 17.2. The summed E-state index contributed by atoms with van der Waals surface area (Å²) in [6, 6.07) is 4.08. The van der Waals surface area contributed by atoms with Crippen LogP contribution < -0.4 is 0 Å². The zero-order chi connectivity index (χ0) is 17.1. The van der Waals surface area contributed by atoms with Gasteiger partial charge in [0.25, 0.3) is 5.91 Å². The second-order valence-electron chi connectivity index (χ2n) is 7.10. The molecule has 2 fully saturated rings. The highest BCUT2D eigenvalue weighted by Crippen LogP contribution is 2.30. The van der Waals surface area contributed by atoms with Crippen molar-refractivity contribution in [2.45, 2.75) is 32.1 Å². The molecule has 134 valence electrons. The van der Waals surface area contributed by atoms with E-state index in [1.807, 2.05) is 16.3 Å². The highest BCUT2D eigenvalue weighted by Gasteiger charge is 2.25. The van der Waals surface area contributed by atoms with Crippen LogP contribution in [0.4, 0.5) is 0 Å². The van der Waals surface area contributed by atoms with Gasteiger partial charge in [-0.25, -0.2) is 4.98 Å². The molecule has 3 heterocycles. The Kier molecular flexibility index (Phi) is 5.48. The Bertz CT molecular complexity index is 683. The van der Waals surface area contributed by atoms with Crippen LogP contribution in [0.1, 0.15) is 41.8 Å². The average Bonchev–Trinajstić information content (AvgIpc) is 3.34. The summed E-state index contributed by atoms with van der Waals surface area (Å²) in [5.41, 5.74) is 0. The number of nitrogens with zero attached hydrogens (tertiary/aromatic N) is 3. The molecule has 0 bridgehead atoms. The second kappa shape index (κ2) is 7.98. The fourth-order valence-corrected chi connectivity index (χ4v) is 5.60. The van der Waals surface area contributed by atoms with Gasteiger partial charge in [0.1, 0.15) is 9.88 Å². The number of hydrogen-bond acceptors (Lipinski definition) is 5. The van der Waals surface area contributed by atoms with E-state index >= 15 is 0 Å². The zero-order valence-corrected chi connectivity index (χ0v) is 16.2. The summed E-state index contributed by atoms with van der Waals surface area (Å²) in [6.07, 6.45) is 8.76.